The van der Waals surface area contributed by atoms with E-state index in [1.54, 1.807) is 0 Å². The van der Waals surface area contributed by atoms with Crippen molar-refractivity contribution in [3.05, 3.63) is 0 Å². The Balaban J connectivity index is 2.25. The molecule has 0 aliphatic carbocycles. The highest BCUT2D eigenvalue weighted by Gasteiger charge is 2.17. The summed E-state index contributed by atoms with van der Waals surface area (Å²) in [7, 11) is 0. The van der Waals surface area contributed by atoms with Crippen LogP contribution in [0.2, 0.25) is 0 Å². The summed E-state index contributed by atoms with van der Waals surface area (Å²) >= 11 is 0. The van der Waals surface area contributed by atoms with Gasteiger partial charge in [0, 0.05) is 6.42 Å². The molecule has 0 aromatic rings. The summed E-state index contributed by atoms with van der Waals surface area (Å²) in [6, 6.07) is -0.103. The average molecular weight is 208 g/mol. The molecule has 0 bridgehead atoms. The Bertz CT molecular complexity index is 238. The van der Waals surface area contributed by atoms with Crippen molar-refractivity contribution in [2.45, 2.75) is 38.6 Å². The second kappa shape index (κ2) is 6.47. The summed E-state index contributed by atoms with van der Waals surface area (Å²) in [5.74, 6) is 3.14. The monoisotopic (exact) mass is 208 g/mol. The van der Waals surface area contributed by atoms with Crippen LogP contribution in [0.25, 0.3) is 0 Å². The molecular formula is C12H20N2O. The van der Waals surface area contributed by atoms with Gasteiger partial charge >= 0.3 is 0 Å². The van der Waals surface area contributed by atoms with Gasteiger partial charge in [-0.05, 0) is 38.3 Å². The van der Waals surface area contributed by atoms with Crippen LogP contribution < -0.4 is 10.6 Å². The van der Waals surface area contributed by atoms with E-state index in [0.29, 0.717) is 12.3 Å². The van der Waals surface area contributed by atoms with Gasteiger partial charge in [0.15, 0.2) is 0 Å². The fraction of sp³-hybridized carbons (Fsp3) is 0.750. The molecule has 0 saturated carbocycles. The van der Waals surface area contributed by atoms with Crippen molar-refractivity contribution in [3.8, 4) is 12.3 Å². The zero-order chi connectivity index (χ0) is 11.1. The van der Waals surface area contributed by atoms with Crippen LogP contribution in [0, 0.1) is 18.3 Å². The fourth-order valence-electron chi connectivity index (χ4n) is 1.88. The minimum absolute atomic E-state index is 0.0912. The Labute approximate surface area is 92.0 Å². The number of terminal acetylenes is 1. The number of carbonyl (C=O) groups excluding carboxylic acids is 1. The molecule has 3 heteroatoms. The lowest BCUT2D eigenvalue weighted by molar-refractivity contribution is -0.122. The van der Waals surface area contributed by atoms with Gasteiger partial charge in [-0.25, -0.2) is 0 Å². The first-order valence-corrected chi connectivity index (χ1v) is 5.72. The summed E-state index contributed by atoms with van der Waals surface area (Å²) in [5, 5.41) is 6.16. The number of hydrogen-bond acceptors (Lipinski definition) is 2. The number of hydrogen-bond donors (Lipinski definition) is 2. The van der Waals surface area contributed by atoms with Crippen LogP contribution in [0.5, 0.6) is 0 Å². The van der Waals surface area contributed by atoms with Crippen LogP contribution in [0.1, 0.15) is 32.6 Å². The van der Waals surface area contributed by atoms with Gasteiger partial charge in [0.05, 0.1) is 6.04 Å². The Morgan fingerprint density at radius 1 is 1.73 bits per heavy atom. The predicted molar refractivity (Wildman–Crippen MR) is 61.3 cm³/mol. The normalized spacial score (nSPS) is 22.8. The second-order valence-electron chi connectivity index (χ2n) is 4.11. The van der Waals surface area contributed by atoms with Gasteiger partial charge in [0.1, 0.15) is 0 Å². The van der Waals surface area contributed by atoms with E-state index in [4.69, 9.17) is 6.42 Å². The Morgan fingerprint density at radius 2 is 2.53 bits per heavy atom. The molecule has 0 radical (unpaired) electrons. The van der Waals surface area contributed by atoms with Crippen molar-refractivity contribution >= 4 is 5.91 Å². The van der Waals surface area contributed by atoms with Gasteiger partial charge in [-0.3, -0.25) is 4.79 Å². The molecule has 0 spiro atoms. The first-order chi connectivity index (χ1) is 7.26. The third-order valence-corrected chi connectivity index (χ3v) is 2.82. The molecule has 2 unspecified atom stereocenters. The van der Waals surface area contributed by atoms with Gasteiger partial charge in [0.25, 0.3) is 0 Å². The van der Waals surface area contributed by atoms with Crippen LogP contribution in [0.15, 0.2) is 0 Å². The van der Waals surface area contributed by atoms with Gasteiger partial charge in [-0.15, -0.1) is 6.42 Å². The van der Waals surface area contributed by atoms with Crippen LogP contribution in [0.3, 0.4) is 0 Å². The summed E-state index contributed by atoms with van der Waals surface area (Å²) in [6.45, 7) is 4.02. The van der Waals surface area contributed by atoms with E-state index in [2.05, 4.69) is 16.6 Å². The molecule has 1 aliphatic rings. The molecule has 84 valence electrons. The Morgan fingerprint density at radius 3 is 3.07 bits per heavy atom. The molecule has 1 rings (SSSR count). The van der Waals surface area contributed by atoms with E-state index in [1.165, 1.54) is 6.42 Å². The van der Waals surface area contributed by atoms with Crippen molar-refractivity contribution in [1.82, 2.24) is 10.6 Å². The summed E-state index contributed by atoms with van der Waals surface area (Å²) < 4.78 is 0. The molecule has 1 saturated heterocycles. The molecule has 1 fully saturated rings. The maximum atomic E-state index is 11.6. The Hall–Kier alpha value is -1.01. The standard InChI is InChI=1S/C12H20N2O/c1-3-11(4-2)14-12(15)8-10-6-5-7-13-9-10/h1,10-11,13H,4-9H2,2H3,(H,14,15). The van der Waals surface area contributed by atoms with E-state index in [-0.39, 0.29) is 11.9 Å². The number of nitrogens with one attached hydrogen (secondary N) is 2. The maximum Gasteiger partial charge on any atom is 0.221 e. The topological polar surface area (TPSA) is 41.1 Å². The summed E-state index contributed by atoms with van der Waals surface area (Å²) in [4.78, 5) is 11.6. The van der Waals surface area contributed by atoms with Crippen molar-refractivity contribution < 1.29 is 4.79 Å². The largest absolute Gasteiger partial charge is 0.342 e. The van der Waals surface area contributed by atoms with Crippen molar-refractivity contribution in [2.24, 2.45) is 5.92 Å². The highest BCUT2D eigenvalue weighted by atomic mass is 16.1. The van der Waals surface area contributed by atoms with E-state index < -0.39 is 0 Å². The van der Waals surface area contributed by atoms with Crippen molar-refractivity contribution in [2.75, 3.05) is 13.1 Å². The van der Waals surface area contributed by atoms with Crippen LogP contribution in [-0.2, 0) is 4.79 Å². The summed E-state index contributed by atoms with van der Waals surface area (Å²) in [6.07, 6.45) is 9.00. The number of amides is 1. The van der Waals surface area contributed by atoms with E-state index >= 15 is 0 Å². The zero-order valence-electron chi connectivity index (χ0n) is 9.38. The quantitative estimate of drug-likeness (QED) is 0.674. The van der Waals surface area contributed by atoms with Crippen LogP contribution in [0.4, 0.5) is 0 Å². The molecule has 15 heavy (non-hydrogen) atoms. The average Bonchev–Trinajstić information content (AvgIpc) is 2.27. The highest BCUT2D eigenvalue weighted by Crippen LogP contribution is 2.13. The molecule has 2 atom stereocenters. The lowest BCUT2D eigenvalue weighted by Gasteiger charge is -2.22. The van der Waals surface area contributed by atoms with Crippen LogP contribution >= 0.6 is 0 Å². The first kappa shape index (κ1) is 12.1. The molecule has 3 nitrogen and oxygen atoms in total. The molecule has 1 amide bonds. The first-order valence-electron chi connectivity index (χ1n) is 5.72. The SMILES string of the molecule is C#CC(CC)NC(=O)CC1CCCNC1. The highest BCUT2D eigenvalue weighted by molar-refractivity contribution is 5.76. The molecular weight excluding hydrogens is 188 g/mol. The lowest BCUT2D eigenvalue weighted by Crippen LogP contribution is -2.37. The smallest absolute Gasteiger partial charge is 0.221 e. The van der Waals surface area contributed by atoms with Gasteiger partial charge in [-0.1, -0.05) is 12.8 Å². The second-order valence-corrected chi connectivity index (χ2v) is 4.11. The minimum atomic E-state index is -0.103. The van der Waals surface area contributed by atoms with Crippen LogP contribution in [-0.4, -0.2) is 25.0 Å². The Kier molecular flexibility index (Phi) is 5.20. The van der Waals surface area contributed by atoms with Crippen molar-refractivity contribution in [1.29, 1.82) is 0 Å². The zero-order valence-corrected chi connectivity index (χ0v) is 9.38. The van der Waals surface area contributed by atoms with E-state index in [1.807, 2.05) is 6.92 Å². The number of carbonyl (C=O) groups is 1. The van der Waals surface area contributed by atoms with Crippen molar-refractivity contribution in [3.63, 3.8) is 0 Å². The molecule has 2 N–H and O–H groups in total. The minimum Gasteiger partial charge on any atom is -0.342 e. The molecule has 1 heterocycles. The summed E-state index contributed by atoms with van der Waals surface area (Å²) in [5.41, 5.74) is 0. The van der Waals surface area contributed by atoms with E-state index in [0.717, 1.165) is 25.9 Å². The molecule has 1 aliphatic heterocycles. The van der Waals surface area contributed by atoms with Gasteiger partial charge in [0.2, 0.25) is 5.91 Å². The lowest BCUT2D eigenvalue weighted by atomic mass is 9.96. The fourth-order valence-corrected chi connectivity index (χ4v) is 1.88. The van der Waals surface area contributed by atoms with Gasteiger partial charge < -0.3 is 10.6 Å². The number of piperidine rings is 1. The molecule has 0 aromatic heterocycles. The van der Waals surface area contributed by atoms with Gasteiger partial charge in [-0.2, -0.15) is 0 Å². The third kappa shape index (κ3) is 4.35. The third-order valence-electron chi connectivity index (χ3n) is 2.82. The maximum absolute atomic E-state index is 11.6. The molecule has 0 aromatic carbocycles. The van der Waals surface area contributed by atoms with E-state index in [9.17, 15) is 4.79 Å². The number of rotatable bonds is 4. The predicted octanol–water partition coefficient (Wildman–Crippen LogP) is 0.904.